The highest BCUT2D eigenvalue weighted by atomic mass is 35.5. The molecule has 0 unspecified atom stereocenters. The van der Waals surface area contributed by atoms with E-state index in [9.17, 15) is 4.79 Å². The zero-order valence-corrected chi connectivity index (χ0v) is 9.50. The van der Waals surface area contributed by atoms with Crippen molar-refractivity contribution in [1.29, 1.82) is 0 Å². The highest BCUT2D eigenvalue weighted by Crippen LogP contribution is 2.22. The standard InChI is InChI=1S/C9H14ClN5O/c10-7-8(12)14-5-15-9(7)13-4-2-1-3-6(11)16/h5H,1-4H2,(H2,11,16)(H3,12,13,14,15). The van der Waals surface area contributed by atoms with E-state index in [0.717, 1.165) is 12.8 Å². The van der Waals surface area contributed by atoms with E-state index in [1.165, 1.54) is 6.33 Å². The minimum absolute atomic E-state index is 0.247. The number of hydrogen-bond donors (Lipinski definition) is 3. The van der Waals surface area contributed by atoms with Gasteiger partial charge in [-0.2, -0.15) is 0 Å². The summed E-state index contributed by atoms with van der Waals surface area (Å²) in [5, 5.41) is 3.33. The van der Waals surface area contributed by atoms with E-state index in [1.54, 1.807) is 0 Å². The van der Waals surface area contributed by atoms with Gasteiger partial charge in [-0.15, -0.1) is 0 Å². The van der Waals surface area contributed by atoms with Crippen molar-refractivity contribution in [3.63, 3.8) is 0 Å². The predicted octanol–water partition coefficient (Wildman–Crippen LogP) is 0.780. The Morgan fingerprint density at radius 3 is 2.88 bits per heavy atom. The summed E-state index contributed by atoms with van der Waals surface area (Å²) in [6, 6.07) is 0. The van der Waals surface area contributed by atoms with Gasteiger partial charge in [0.05, 0.1) is 0 Å². The van der Waals surface area contributed by atoms with Gasteiger partial charge in [0.1, 0.15) is 23.0 Å². The zero-order chi connectivity index (χ0) is 12.0. The minimum atomic E-state index is -0.288. The number of anilines is 2. The normalized spacial score (nSPS) is 10.1. The first-order valence-corrected chi connectivity index (χ1v) is 5.27. The van der Waals surface area contributed by atoms with Gasteiger partial charge >= 0.3 is 0 Å². The van der Waals surface area contributed by atoms with Gasteiger partial charge in [0, 0.05) is 13.0 Å². The topological polar surface area (TPSA) is 107 Å². The van der Waals surface area contributed by atoms with Crippen LogP contribution < -0.4 is 16.8 Å². The Morgan fingerprint density at radius 2 is 2.19 bits per heavy atom. The SMILES string of the molecule is NC(=O)CCCCNc1ncnc(N)c1Cl. The Morgan fingerprint density at radius 1 is 1.44 bits per heavy atom. The smallest absolute Gasteiger partial charge is 0.217 e. The van der Waals surface area contributed by atoms with Crippen LogP contribution in [0.4, 0.5) is 11.6 Å². The van der Waals surface area contributed by atoms with Crippen LogP contribution >= 0.6 is 11.6 Å². The summed E-state index contributed by atoms with van der Waals surface area (Å²) in [6.07, 6.45) is 3.28. The van der Waals surface area contributed by atoms with Crippen LogP contribution in [-0.4, -0.2) is 22.4 Å². The van der Waals surface area contributed by atoms with Crippen molar-refractivity contribution in [2.75, 3.05) is 17.6 Å². The van der Waals surface area contributed by atoms with E-state index in [1.807, 2.05) is 0 Å². The summed E-state index contributed by atoms with van der Waals surface area (Å²) >= 11 is 5.87. The second-order valence-electron chi connectivity index (χ2n) is 3.27. The molecule has 5 N–H and O–H groups in total. The summed E-state index contributed by atoms with van der Waals surface area (Å²) < 4.78 is 0. The molecule has 88 valence electrons. The van der Waals surface area contributed by atoms with Gasteiger partial charge in [0.25, 0.3) is 0 Å². The van der Waals surface area contributed by atoms with Crippen molar-refractivity contribution < 1.29 is 4.79 Å². The molecule has 0 aliphatic heterocycles. The van der Waals surface area contributed by atoms with Crippen LogP contribution in [0, 0.1) is 0 Å². The Balaban J connectivity index is 2.32. The van der Waals surface area contributed by atoms with Gasteiger partial charge in [0.15, 0.2) is 0 Å². The number of nitrogen functional groups attached to an aromatic ring is 1. The molecular weight excluding hydrogens is 230 g/mol. The Labute approximate surface area is 98.4 Å². The summed E-state index contributed by atoms with van der Waals surface area (Å²) in [6.45, 7) is 0.656. The highest BCUT2D eigenvalue weighted by molar-refractivity contribution is 6.35. The highest BCUT2D eigenvalue weighted by Gasteiger charge is 2.05. The number of aromatic nitrogens is 2. The average Bonchev–Trinajstić information content (AvgIpc) is 2.23. The van der Waals surface area contributed by atoms with E-state index >= 15 is 0 Å². The molecular formula is C9H14ClN5O. The molecule has 1 aromatic heterocycles. The average molecular weight is 244 g/mol. The molecule has 1 aromatic rings. The molecule has 0 radical (unpaired) electrons. The van der Waals surface area contributed by atoms with E-state index < -0.39 is 0 Å². The first kappa shape index (κ1) is 12.5. The van der Waals surface area contributed by atoms with Crippen LogP contribution in [0.5, 0.6) is 0 Å². The number of halogens is 1. The molecule has 0 saturated carbocycles. The van der Waals surface area contributed by atoms with Crippen LogP contribution in [0.25, 0.3) is 0 Å². The first-order valence-electron chi connectivity index (χ1n) is 4.89. The molecule has 1 heterocycles. The van der Waals surface area contributed by atoms with Gasteiger partial charge in [-0.3, -0.25) is 4.79 Å². The molecule has 16 heavy (non-hydrogen) atoms. The van der Waals surface area contributed by atoms with Gasteiger partial charge < -0.3 is 16.8 Å². The van der Waals surface area contributed by atoms with Crippen molar-refractivity contribution in [2.45, 2.75) is 19.3 Å². The Hall–Kier alpha value is -1.56. The molecule has 1 rings (SSSR count). The number of hydrogen-bond acceptors (Lipinski definition) is 5. The second kappa shape index (κ2) is 6.12. The van der Waals surface area contributed by atoms with Crippen molar-refractivity contribution in [3.8, 4) is 0 Å². The minimum Gasteiger partial charge on any atom is -0.382 e. The molecule has 0 spiro atoms. The predicted molar refractivity (Wildman–Crippen MR) is 63.0 cm³/mol. The third-order valence-corrected chi connectivity index (χ3v) is 2.33. The lowest BCUT2D eigenvalue weighted by Gasteiger charge is -2.07. The Bertz CT molecular complexity index is 371. The molecule has 7 heteroatoms. The lowest BCUT2D eigenvalue weighted by atomic mass is 10.2. The molecule has 0 aromatic carbocycles. The van der Waals surface area contributed by atoms with Gasteiger partial charge in [-0.05, 0) is 12.8 Å². The molecule has 0 fully saturated rings. The molecule has 0 bridgehead atoms. The number of nitrogens with zero attached hydrogens (tertiary/aromatic N) is 2. The fourth-order valence-corrected chi connectivity index (χ4v) is 1.30. The zero-order valence-electron chi connectivity index (χ0n) is 8.74. The third kappa shape index (κ3) is 3.90. The van der Waals surface area contributed by atoms with Crippen LogP contribution in [0.15, 0.2) is 6.33 Å². The van der Waals surface area contributed by atoms with Crippen LogP contribution in [0.1, 0.15) is 19.3 Å². The van der Waals surface area contributed by atoms with E-state index in [0.29, 0.717) is 23.8 Å². The van der Waals surface area contributed by atoms with Crippen LogP contribution in [0.2, 0.25) is 5.02 Å². The number of nitrogens with two attached hydrogens (primary N) is 2. The van der Waals surface area contributed by atoms with Crippen molar-refractivity contribution in [1.82, 2.24) is 9.97 Å². The van der Waals surface area contributed by atoms with Crippen molar-refractivity contribution >= 4 is 29.1 Å². The summed E-state index contributed by atoms with van der Waals surface area (Å²) in [4.78, 5) is 18.2. The number of unbranched alkanes of at least 4 members (excludes halogenated alkanes) is 1. The van der Waals surface area contributed by atoms with Crippen LogP contribution in [-0.2, 0) is 4.79 Å². The monoisotopic (exact) mass is 243 g/mol. The van der Waals surface area contributed by atoms with Crippen LogP contribution in [0.3, 0.4) is 0 Å². The summed E-state index contributed by atoms with van der Waals surface area (Å²) in [5.74, 6) is 0.467. The molecule has 0 aliphatic rings. The third-order valence-electron chi connectivity index (χ3n) is 1.96. The van der Waals surface area contributed by atoms with Gasteiger partial charge in [-0.1, -0.05) is 11.6 Å². The number of carbonyl (C=O) groups excluding carboxylic acids is 1. The van der Waals surface area contributed by atoms with E-state index in [4.69, 9.17) is 23.1 Å². The number of amides is 1. The lowest BCUT2D eigenvalue weighted by Crippen LogP contribution is -2.11. The molecule has 0 saturated heterocycles. The van der Waals surface area contributed by atoms with Gasteiger partial charge in [0.2, 0.25) is 5.91 Å². The number of rotatable bonds is 6. The molecule has 6 nitrogen and oxygen atoms in total. The molecule has 1 amide bonds. The van der Waals surface area contributed by atoms with E-state index in [2.05, 4.69) is 15.3 Å². The largest absolute Gasteiger partial charge is 0.382 e. The Kier molecular flexibility index (Phi) is 4.78. The maximum atomic E-state index is 10.5. The number of primary amides is 1. The molecule has 0 atom stereocenters. The molecule has 0 aliphatic carbocycles. The first-order chi connectivity index (χ1) is 7.61. The lowest BCUT2D eigenvalue weighted by molar-refractivity contribution is -0.118. The van der Waals surface area contributed by atoms with E-state index in [-0.39, 0.29) is 11.7 Å². The number of nitrogens with one attached hydrogen (secondary N) is 1. The number of carbonyl (C=O) groups is 1. The fourth-order valence-electron chi connectivity index (χ4n) is 1.14. The summed E-state index contributed by atoms with van der Waals surface area (Å²) in [5.41, 5.74) is 10.5. The quantitative estimate of drug-likeness (QED) is 0.640. The van der Waals surface area contributed by atoms with Crippen molar-refractivity contribution in [2.24, 2.45) is 5.73 Å². The maximum Gasteiger partial charge on any atom is 0.217 e. The summed E-state index contributed by atoms with van der Waals surface area (Å²) in [7, 11) is 0. The van der Waals surface area contributed by atoms with Crippen molar-refractivity contribution in [3.05, 3.63) is 11.3 Å². The maximum absolute atomic E-state index is 10.5. The second-order valence-corrected chi connectivity index (χ2v) is 3.65. The fraction of sp³-hybridized carbons (Fsp3) is 0.444. The van der Waals surface area contributed by atoms with Gasteiger partial charge in [-0.25, -0.2) is 9.97 Å².